The predicted molar refractivity (Wildman–Crippen MR) is 128 cm³/mol. The van der Waals surface area contributed by atoms with Gasteiger partial charge in [0.05, 0.1) is 6.26 Å². The van der Waals surface area contributed by atoms with Crippen molar-refractivity contribution in [2.75, 3.05) is 25.0 Å². The molecule has 172 valence electrons. The zero-order valence-electron chi connectivity index (χ0n) is 19.3. The zero-order valence-corrected chi connectivity index (χ0v) is 19.3. The van der Waals surface area contributed by atoms with Gasteiger partial charge in [-0.15, -0.1) is 0 Å². The van der Waals surface area contributed by atoms with E-state index in [4.69, 9.17) is 9.40 Å². The Hall–Kier alpha value is -3.03. The number of anilines is 1. The summed E-state index contributed by atoms with van der Waals surface area (Å²) in [5.41, 5.74) is 4.08. The first-order chi connectivity index (χ1) is 16.0. The molecule has 33 heavy (non-hydrogen) atoms. The summed E-state index contributed by atoms with van der Waals surface area (Å²) in [5.74, 6) is 2.66. The van der Waals surface area contributed by atoms with Gasteiger partial charge in [0.15, 0.2) is 5.76 Å². The Kier molecular flexibility index (Phi) is 6.24. The summed E-state index contributed by atoms with van der Waals surface area (Å²) in [6.07, 6.45) is 4.11. The van der Waals surface area contributed by atoms with Crippen LogP contribution in [0.4, 0.5) is 5.69 Å². The minimum Gasteiger partial charge on any atom is -0.463 e. The molecule has 2 aromatic heterocycles. The smallest absolute Gasteiger partial charge is 0.221 e. The summed E-state index contributed by atoms with van der Waals surface area (Å²) in [6, 6.07) is 14.6. The molecule has 3 aliphatic rings. The van der Waals surface area contributed by atoms with E-state index in [1.807, 2.05) is 31.2 Å². The minimum atomic E-state index is -0.0464. The van der Waals surface area contributed by atoms with E-state index < -0.39 is 0 Å². The van der Waals surface area contributed by atoms with Gasteiger partial charge in [-0.05, 0) is 68.1 Å². The Balaban J connectivity index is 1.19. The largest absolute Gasteiger partial charge is 0.463 e. The van der Waals surface area contributed by atoms with Gasteiger partial charge in [-0.3, -0.25) is 9.69 Å². The highest BCUT2D eigenvalue weighted by Crippen LogP contribution is 2.41. The standard InChI is InChI=1S/C26H31N5O2/c1-17-28-24(13-25(29-17)26-4-3-11-33-26)23-16-31-10-9-20(23)12-22(31)15-27-14-19-5-7-21(8-6-19)30-18(2)32/h3-8,11,13,20,22-23,27H,9-10,12,14-16H2,1-2H3,(H,30,32)/t20-,22+,23+/m0/s1. The Bertz CT molecular complexity index is 1100. The monoisotopic (exact) mass is 445 g/mol. The molecule has 0 spiro atoms. The number of piperidine rings is 3. The number of carbonyl (C=O) groups is 1. The Labute approximate surface area is 194 Å². The summed E-state index contributed by atoms with van der Waals surface area (Å²) >= 11 is 0. The molecule has 1 unspecified atom stereocenters. The fourth-order valence-electron chi connectivity index (χ4n) is 5.31. The molecule has 0 saturated carbocycles. The molecule has 3 aliphatic heterocycles. The molecular formula is C26H31N5O2. The molecule has 7 heteroatoms. The average Bonchev–Trinajstić information content (AvgIpc) is 3.35. The van der Waals surface area contributed by atoms with E-state index >= 15 is 0 Å². The van der Waals surface area contributed by atoms with Crippen LogP contribution in [0.3, 0.4) is 0 Å². The zero-order chi connectivity index (χ0) is 22.8. The van der Waals surface area contributed by atoms with Crippen molar-refractivity contribution in [1.82, 2.24) is 20.2 Å². The van der Waals surface area contributed by atoms with E-state index in [0.717, 1.165) is 54.8 Å². The third kappa shape index (κ3) is 4.99. The van der Waals surface area contributed by atoms with Crippen LogP contribution in [-0.4, -0.2) is 46.5 Å². The van der Waals surface area contributed by atoms with E-state index in [1.165, 1.54) is 25.3 Å². The number of aromatic nitrogens is 2. The third-order valence-corrected chi connectivity index (χ3v) is 6.87. The highest BCUT2D eigenvalue weighted by molar-refractivity contribution is 5.88. The first kappa shape index (κ1) is 21.8. The maximum absolute atomic E-state index is 11.2. The van der Waals surface area contributed by atoms with E-state index in [-0.39, 0.29) is 5.91 Å². The molecule has 1 aromatic carbocycles. The normalized spacial score (nSPS) is 24.1. The second-order valence-electron chi connectivity index (χ2n) is 9.25. The molecule has 0 radical (unpaired) electrons. The highest BCUT2D eigenvalue weighted by atomic mass is 16.3. The third-order valence-electron chi connectivity index (χ3n) is 6.87. The fraction of sp³-hybridized carbons (Fsp3) is 0.423. The molecule has 2 bridgehead atoms. The molecule has 6 rings (SSSR count). The highest BCUT2D eigenvalue weighted by Gasteiger charge is 2.41. The van der Waals surface area contributed by atoms with Gasteiger partial charge >= 0.3 is 0 Å². The lowest BCUT2D eigenvalue weighted by atomic mass is 9.74. The van der Waals surface area contributed by atoms with Crippen LogP contribution >= 0.6 is 0 Å². The van der Waals surface area contributed by atoms with E-state index in [2.05, 4.69) is 38.7 Å². The number of benzene rings is 1. The number of amides is 1. The van der Waals surface area contributed by atoms with Gasteiger partial charge < -0.3 is 15.1 Å². The van der Waals surface area contributed by atoms with Crippen LogP contribution in [-0.2, 0) is 11.3 Å². The van der Waals surface area contributed by atoms with Crippen LogP contribution in [0.15, 0.2) is 53.1 Å². The van der Waals surface area contributed by atoms with Crippen molar-refractivity contribution >= 4 is 11.6 Å². The van der Waals surface area contributed by atoms with Gasteiger partial charge in [-0.25, -0.2) is 9.97 Å². The molecule has 3 fully saturated rings. The molecule has 5 heterocycles. The topological polar surface area (TPSA) is 83.3 Å². The van der Waals surface area contributed by atoms with Crippen LogP contribution in [0, 0.1) is 12.8 Å². The van der Waals surface area contributed by atoms with Gasteiger partial charge in [0.25, 0.3) is 0 Å². The lowest BCUT2D eigenvalue weighted by molar-refractivity contribution is -0.114. The number of nitrogens with zero attached hydrogens (tertiary/aromatic N) is 3. The van der Waals surface area contributed by atoms with Gasteiger partial charge in [-0.1, -0.05) is 12.1 Å². The van der Waals surface area contributed by atoms with Crippen molar-refractivity contribution in [1.29, 1.82) is 0 Å². The fourth-order valence-corrected chi connectivity index (χ4v) is 5.31. The van der Waals surface area contributed by atoms with E-state index in [1.54, 1.807) is 6.26 Å². The Morgan fingerprint density at radius 3 is 2.76 bits per heavy atom. The summed E-state index contributed by atoms with van der Waals surface area (Å²) in [5, 5.41) is 6.45. The molecule has 2 N–H and O–H groups in total. The molecular weight excluding hydrogens is 414 g/mol. The van der Waals surface area contributed by atoms with Crippen molar-refractivity contribution in [3.63, 3.8) is 0 Å². The van der Waals surface area contributed by atoms with Gasteiger partial charge in [0, 0.05) is 49.9 Å². The van der Waals surface area contributed by atoms with Crippen LogP contribution in [0.5, 0.6) is 0 Å². The SMILES string of the molecule is CC(=O)Nc1ccc(CNC[C@H]2C[C@@H]3CCN2C[C@H]3c2cc(-c3ccco3)nc(C)n2)cc1. The molecule has 7 nitrogen and oxygen atoms in total. The lowest BCUT2D eigenvalue weighted by Crippen LogP contribution is -2.55. The van der Waals surface area contributed by atoms with Crippen LogP contribution < -0.4 is 10.6 Å². The molecule has 3 saturated heterocycles. The number of nitrogens with one attached hydrogen (secondary N) is 2. The van der Waals surface area contributed by atoms with E-state index in [0.29, 0.717) is 17.9 Å². The lowest BCUT2D eigenvalue weighted by Gasteiger charge is -2.50. The van der Waals surface area contributed by atoms with E-state index in [9.17, 15) is 4.79 Å². The molecule has 3 aromatic rings. The summed E-state index contributed by atoms with van der Waals surface area (Å²) in [7, 11) is 0. The number of furan rings is 1. The number of carbonyl (C=O) groups excluding carboxylic acids is 1. The minimum absolute atomic E-state index is 0.0464. The van der Waals surface area contributed by atoms with Crippen LogP contribution in [0.1, 0.15) is 42.8 Å². The Morgan fingerprint density at radius 1 is 1.21 bits per heavy atom. The van der Waals surface area contributed by atoms with Crippen molar-refractivity contribution in [2.24, 2.45) is 5.92 Å². The number of fused-ring (bicyclic) bond motifs is 3. The second-order valence-corrected chi connectivity index (χ2v) is 9.25. The number of hydrogen-bond acceptors (Lipinski definition) is 6. The van der Waals surface area contributed by atoms with Crippen molar-refractivity contribution in [3.8, 4) is 11.5 Å². The predicted octanol–water partition coefficient (Wildman–Crippen LogP) is 3.97. The quantitative estimate of drug-likeness (QED) is 0.573. The van der Waals surface area contributed by atoms with Gasteiger partial charge in [-0.2, -0.15) is 0 Å². The molecule has 0 aliphatic carbocycles. The van der Waals surface area contributed by atoms with Crippen LogP contribution in [0.25, 0.3) is 11.5 Å². The van der Waals surface area contributed by atoms with Crippen molar-refractivity contribution in [3.05, 3.63) is 65.8 Å². The van der Waals surface area contributed by atoms with Gasteiger partial charge in [0.1, 0.15) is 11.5 Å². The second kappa shape index (κ2) is 9.45. The number of rotatable bonds is 7. The first-order valence-corrected chi connectivity index (χ1v) is 11.8. The first-order valence-electron chi connectivity index (χ1n) is 11.8. The maximum Gasteiger partial charge on any atom is 0.221 e. The number of aryl methyl sites for hydroxylation is 1. The van der Waals surface area contributed by atoms with Gasteiger partial charge in [0.2, 0.25) is 5.91 Å². The Morgan fingerprint density at radius 2 is 2.06 bits per heavy atom. The van der Waals surface area contributed by atoms with Crippen molar-refractivity contribution in [2.45, 2.75) is 45.2 Å². The van der Waals surface area contributed by atoms with Crippen molar-refractivity contribution < 1.29 is 9.21 Å². The summed E-state index contributed by atoms with van der Waals surface area (Å²) in [4.78, 5) is 23.2. The van der Waals surface area contributed by atoms with Crippen LogP contribution in [0.2, 0.25) is 0 Å². The maximum atomic E-state index is 11.2. The summed E-state index contributed by atoms with van der Waals surface area (Å²) < 4.78 is 5.57. The molecule has 4 atom stereocenters. The summed E-state index contributed by atoms with van der Waals surface area (Å²) in [6.45, 7) is 7.52. The average molecular weight is 446 g/mol. The molecule has 1 amide bonds. The number of hydrogen-bond donors (Lipinski definition) is 2.